The molecule has 2 amide bonds. The monoisotopic (exact) mass is 492 g/mol. The topological polar surface area (TPSA) is 76.7 Å². The van der Waals surface area contributed by atoms with Gasteiger partial charge in [0.05, 0.1) is 23.4 Å². The minimum Gasteiger partial charge on any atom is -0.495 e. The van der Waals surface area contributed by atoms with Crippen molar-refractivity contribution in [3.8, 4) is 11.5 Å². The first-order valence-corrected chi connectivity index (χ1v) is 10.3. The highest BCUT2D eigenvalue weighted by atomic mass is 35.5. The number of amides is 2. The number of methoxy groups -OCH3 is 1. The first kappa shape index (κ1) is 24.9. The Morgan fingerprint density at radius 2 is 1.65 bits per heavy atom. The molecule has 2 N–H and O–H groups in total. The molecule has 178 valence electrons. The number of halogens is 4. The van der Waals surface area contributed by atoms with Gasteiger partial charge in [-0.15, -0.1) is 0 Å². The van der Waals surface area contributed by atoms with Crippen LogP contribution in [0.2, 0.25) is 5.02 Å². The fraction of sp³-hybridized carbons (Fsp3) is 0.167. The third-order valence-corrected chi connectivity index (χ3v) is 4.99. The lowest BCUT2D eigenvalue weighted by Gasteiger charge is -2.17. The van der Waals surface area contributed by atoms with Crippen molar-refractivity contribution in [1.29, 1.82) is 0 Å². The Bertz CT molecular complexity index is 1180. The van der Waals surface area contributed by atoms with Crippen LogP contribution in [0.3, 0.4) is 0 Å². The van der Waals surface area contributed by atoms with E-state index < -0.39 is 29.7 Å². The summed E-state index contributed by atoms with van der Waals surface area (Å²) in [6.45, 7) is 1.40. The summed E-state index contributed by atoms with van der Waals surface area (Å²) in [6.07, 6.45) is -5.70. The van der Waals surface area contributed by atoms with Gasteiger partial charge < -0.3 is 20.1 Å². The van der Waals surface area contributed by atoms with Crippen LogP contribution in [0.4, 0.5) is 24.5 Å². The van der Waals surface area contributed by atoms with E-state index in [0.29, 0.717) is 22.0 Å². The number of carbonyl (C=O) groups is 2. The van der Waals surface area contributed by atoms with E-state index in [9.17, 15) is 22.8 Å². The molecule has 0 aliphatic heterocycles. The van der Waals surface area contributed by atoms with Gasteiger partial charge in [-0.2, -0.15) is 13.2 Å². The molecular formula is C24H20ClF3N2O4. The zero-order valence-corrected chi connectivity index (χ0v) is 18.8. The number of rotatable bonds is 7. The number of alkyl halides is 3. The van der Waals surface area contributed by atoms with Gasteiger partial charge in [0.15, 0.2) is 6.10 Å². The maximum Gasteiger partial charge on any atom is 0.418 e. The van der Waals surface area contributed by atoms with E-state index in [1.54, 1.807) is 18.2 Å². The van der Waals surface area contributed by atoms with Gasteiger partial charge in [0.25, 0.3) is 11.8 Å². The summed E-state index contributed by atoms with van der Waals surface area (Å²) in [6, 6.07) is 15.4. The number of hydrogen-bond acceptors (Lipinski definition) is 4. The predicted octanol–water partition coefficient (Wildman–Crippen LogP) is 6.03. The Labute approximate surface area is 198 Å². The van der Waals surface area contributed by atoms with Crippen LogP contribution in [-0.2, 0) is 11.0 Å². The standard InChI is InChI=1S/C24H20ClF3N2O4/c1-14(22(31)30-20-6-4-3-5-18(20)24(26,27)28)34-17-10-7-15(8-11-17)23(32)29-16-9-12-21(33-2)19(25)13-16/h3-14H,1-2H3,(H,29,32)(H,30,31)/t14-/m0/s1. The fourth-order valence-corrected chi connectivity index (χ4v) is 3.22. The van der Waals surface area contributed by atoms with Crippen LogP contribution in [-0.4, -0.2) is 25.0 Å². The van der Waals surface area contributed by atoms with Gasteiger partial charge in [-0.1, -0.05) is 23.7 Å². The molecule has 1 atom stereocenters. The molecule has 0 spiro atoms. The second kappa shape index (κ2) is 10.5. The van der Waals surface area contributed by atoms with Crippen LogP contribution in [0.25, 0.3) is 0 Å². The molecule has 0 aliphatic carbocycles. The van der Waals surface area contributed by atoms with Crippen LogP contribution in [0.15, 0.2) is 66.7 Å². The molecular weight excluding hydrogens is 473 g/mol. The third kappa shape index (κ3) is 6.20. The van der Waals surface area contributed by atoms with Crippen LogP contribution in [0, 0.1) is 0 Å². The zero-order valence-electron chi connectivity index (χ0n) is 18.1. The molecule has 10 heteroatoms. The van der Waals surface area contributed by atoms with E-state index in [0.717, 1.165) is 12.1 Å². The van der Waals surface area contributed by atoms with Crippen molar-refractivity contribution in [2.45, 2.75) is 19.2 Å². The maximum absolute atomic E-state index is 13.1. The SMILES string of the molecule is COc1ccc(NC(=O)c2ccc(O[C@@H](C)C(=O)Nc3ccccc3C(F)(F)F)cc2)cc1Cl. The molecule has 0 unspecified atom stereocenters. The fourth-order valence-electron chi connectivity index (χ4n) is 2.96. The number of nitrogens with one attached hydrogen (secondary N) is 2. The Morgan fingerprint density at radius 1 is 0.971 bits per heavy atom. The minimum atomic E-state index is -4.61. The summed E-state index contributed by atoms with van der Waals surface area (Å²) in [5.74, 6) is -0.422. The molecule has 0 saturated carbocycles. The Morgan fingerprint density at radius 3 is 2.26 bits per heavy atom. The van der Waals surface area contributed by atoms with E-state index in [4.69, 9.17) is 21.1 Å². The van der Waals surface area contributed by atoms with E-state index in [2.05, 4.69) is 10.6 Å². The number of carbonyl (C=O) groups excluding carboxylic acids is 2. The Kier molecular flexibility index (Phi) is 7.68. The summed E-state index contributed by atoms with van der Waals surface area (Å²) in [4.78, 5) is 24.8. The largest absolute Gasteiger partial charge is 0.495 e. The molecule has 3 rings (SSSR count). The molecule has 0 saturated heterocycles. The normalized spacial score (nSPS) is 11.9. The van der Waals surface area contributed by atoms with Crippen molar-refractivity contribution in [1.82, 2.24) is 0 Å². The zero-order chi connectivity index (χ0) is 24.9. The van der Waals surface area contributed by atoms with Crippen molar-refractivity contribution in [3.63, 3.8) is 0 Å². The number of benzene rings is 3. The first-order valence-electron chi connectivity index (χ1n) is 9.97. The molecule has 34 heavy (non-hydrogen) atoms. The molecule has 0 fully saturated rings. The lowest BCUT2D eigenvalue weighted by Crippen LogP contribution is -2.31. The number of anilines is 2. The van der Waals surface area contributed by atoms with Crippen molar-refractivity contribution >= 4 is 34.8 Å². The number of hydrogen-bond donors (Lipinski definition) is 2. The predicted molar refractivity (Wildman–Crippen MR) is 123 cm³/mol. The third-order valence-electron chi connectivity index (χ3n) is 4.70. The summed E-state index contributed by atoms with van der Waals surface area (Å²) < 4.78 is 49.9. The van der Waals surface area contributed by atoms with Gasteiger partial charge in [0.2, 0.25) is 0 Å². The highest BCUT2D eigenvalue weighted by Crippen LogP contribution is 2.34. The van der Waals surface area contributed by atoms with Crippen LogP contribution >= 0.6 is 11.6 Å². The van der Waals surface area contributed by atoms with Crippen molar-refractivity contribution in [2.75, 3.05) is 17.7 Å². The molecule has 0 heterocycles. The average Bonchev–Trinajstić information content (AvgIpc) is 2.79. The second-order valence-corrected chi connectivity index (χ2v) is 7.53. The van der Waals surface area contributed by atoms with Crippen LogP contribution < -0.4 is 20.1 Å². The lowest BCUT2D eigenvalue weighted by molar-refractivity contribution is -0.137. The van der Waals surface area contributed by atoms with Gasteiger partial charge in [-0.3, -0.25) is 9.59 Å². The molecule has 3 aromatic rings. The number of para-hydroxylation sites is 1. The van der Waals surface area contributed by atoms with E-state index in [1.165, 1.54) is 50.4 Å². The smallest absolute Gasteiger partial charge is 0.418 e. The Hall–Kier alpha value is -3.72. The average molecular weight is 493 g/mol. The van der Waals surface area contributed by atoms with Gasteiger partial charge in [-0.25, -0.2) is 0 Å². The highest BCUT2D eigenvalue weighted by molar-refractivity contribution is 6.32. The molecule has 6 nitrogen and oxygen atoms in total. The van der Waals surface area contributed by atoms with Gasteiger partial charge in [-0.05, 0) is 61.5 Å². The Balaban J connectivity index is 1.61. The van der Waals surface area contributed by atoms with Gasteiger partial charge >= 0.3 is 6.18 Å². The van der Waals surface area contributed by atoms with Crippen LogP contribution in [0.1, 0.15) is 22.8 Å². The molecule has 0 radical (unpaired) electrons. The maximum atomic E-state index is 13.1. The molecule has 0 aromatic heterocycles. The molecule has 0 bridgehead atoms. The van der Waals surface area contributed by atoms with Gasteiger partial charge in [0.1, 0.15) is 11.5 Å². The summed E-state index contributed by atoms with van der Waals surface area (Å²) in [7, 11) is 1.48. The quantitative estimate of drug-likeness (QED) is 0.422. The summed E-state index contributed by atoms with van der Waals surface area (Å²) >= 11 is 6.05. The second-order valence-electron chi connectivity index (χ2n) is 7.12. The van der Waals surface area contributed by atoms with Crippen molar-refractivity contribution in [3.05, 3.63) is 82.9 Å². The van der Waals surface area contributed by atoms with Crippen LogP contribution in [0.5, 0.6) is 11.5 Å². The van der Waals surface area contributed by atoms with E-state index in [-0.39, 0.29) is 11.4 Å². The van der Waals surface area contributed by atoms with Crippen molar-refractivity contribution < 1.29 is 32.2 Å². The lowest BCUT2D eigenvalue weighted by atomic mass is 10.1. The molecule has 3 aromatic carbocycles. The van der Waals surface area contributed by atoms with Gasteiger partial charge in [0, 0.05) is 11.3 Å². The molecule has 0 aliphatic rings. The minimum absolute atomic E-state index is 0.260. The van der Waals surface area contributed by atoms with E-state index in [1.807, 2.05) is 0 Å². The summed E-state index contributed by atoms with van der Waals surface area (Å²) in [5, 5.41) is 5.28. The van der Waals surface area contributed by atoms with E-state index >= 15 is 0 Å². The van der Waals surface area contributed by atoms with Crippen molar-refractivity contribution in [2.24, 2.45) is 0 Å². The summed E-state index contributed by atoms with van der Waals surface area (Å²) in [5.41, 5.74) is -0.527. The number of ether oxygens (including phenoxy) is 2. The highest BCUT2D eigenvalue weighted by Gasteiger charge is 2.34. The first-order chi connectivity index (χ1) is 16.1.